The molecule has 3 heterocycles. The minimum Gasteiger partial charge on any atom is -0.383 e. The minimum absolute atomic E-state index is 0.173. The van der Waals surface area contributed by atoms with Crippen LogP contribution in [-0.4, -0.2) is 82.2 Å². The number of pyridine rings is 1. The van der Waals surface area contributed by atoms with Crippen LogP contribution in [0, 0.1) is 0 Å². The average molecular weight is 406 g/mol. The number of nitrogens with one attached hydrogen (secondary N) is 1. The number of carbonyl (C=O) groups is 1. The van der Waals surface area contributed by atoms with Gasteiger partial charge in [-0.1, -0.05) is 11.8 Å². The third-order valence-corrected chi connectivity index (χ3v) is 6.15. The molecule has 0 spiro atoms. The Labute approximate surface area is 170 Å². The summed E-state index contributed by atoms with van der Waals surface area (Å²) in [5.41, 5.74) is 0.947. The molecule has 1 fully saturated rings. The molecule has 0 saturated carbocycles. The first kappa shape index (κ1) is 20.8. The van der Waals surface area contributed by atoms with Gasteiger partial charge in [0, 0.05) is 25.1 Å². The number of hydrogen-bond donors (Lipinski definition) is 1. The number of methoxy groups -OCH3 is 1. The molecule has 1 atom stereocenters. The van der Waals surface area contributed by atoms with Gasteiger partial charge in [0.05, 0.1) is 51.1 Å². The van der Waals surface area contributed by atoms with Gasteiger partial charge in [-0.25, -0.2) is 0 Å². The summed E-state index contributed by atoms with van der Waals surface area (Å²) >= 11 is 1.46. The Morgan fingerprint density at radius 1 is 1.29 bits per heavy atom. The molecule has 2 aromatic rings. The summed E-state index contributed by atoms with van der Waals surface area (Å²) in [6, 6.07) is 3.82. The van der Waals surface area contributed by atoms with Gasteiger partial charge in [0.15, 0.2) is 11.0 Å². The van der Waals surface area contributed by atoms with Crippen LogP contribution in [0.2, 0.25) is 0 Å². The Balaban J connectivity index is 1.72. The maximum atomic E-state index is 12.9. The highest BCUT2D eigenvalue weighted by Gasteiger charge is 2.28. The molecule has 1 amide bonds. The molecule has 152 valence electrons. The molecular weight excluding hydrogens is 376 g/mol. The second-order valence-corrected chi connectivity index (χ2v) is 8.18. The second-order valence-electron chi connectivity index (χ2n) is 6.88. The number of ether oxygens (including phenoxy) is 1. The molecule has 0 radical (unpaired) electrons. The molecule has 28 heavy (non-hydrogen) atoms. The Hall–Kier alpha value is -1.97. The van der Waals surface area contributed by atoms with Crippen LogP contribution >= 0.6 is 11.8 Å². The van der Waals surface area contributed by atoms with Crippen LogP contribution in [0.25, 0.3) is 11.4 Å². The fourth-order valence-electron chi connectivity index (χ4n) is 3.34. The van der Waals surface area contributed by atoms with Crippen molar-refractivity contribution in [1.82, 2.24) is 24.6 Å². The lowest BCUT2D eigenvalue weighted by atomic mass is 10.2. The number of likely N-dealkylation sites (N-methyl/N-ethyl adjacent to an activating group) is 1. The van der Waals surface area contributed by atoms with Crippen LogP contribution in [0.5, 0.6) is 0 Å². The van der Waals surface area contributed by atoms with E-state index in [0.717, 1.165) is 49.3 Å². The van der Waals surface area contributed by atoms with Gasteiger partial charge in [0.2, 0.25) is 5.91 Å². The lowest BCUT2D eigenvalue weighted by Crippen LogP contribution is -3.14. The number of carbonyl (C=O) groups excluding carboxylic acids is 1. The van der Waals surface area contributed by atoms with Crippen LogP contribution in [-0.2, 0) is 16.1 Å². The number of quaternary nitrogens is 1. The molecule has 2 aromatic heterocycles. The highest BCUT2D eigenvalue weighted by atomic mass is 32.2. The Morgan fingerprint density at radius 2 is 2.00 bits per heavy atom. The summed E-state index contributed by atoms with van der Waals surface area (Å²) in [7, 11) is 1.67. The van der Waals surface area contributed by atoms with Gasteiger partial charge in [-0.15, -0.1) is 10.2 Å². The highest BCUT2D eigenvalue weighted by molar-refractivity contribution is 8.00. The molecule has 0 unspecified atom stereocenters. The monoisotopic (exact) mass is 405 g/mol. The van der Waals surface area contributed by atoms with Gasteiger partial charge in [-0.3, -0.25) is 14.3 Å². The summed E-state index contributed by atoms with van der Waals surface area (Å²) in [6.07, 6.45) is 3.48. The molecule has 8 nitrogen and oxygen atoms in total. The topological polar surface area (TPSA) is 77.6 Å². The van der Waals surface area contributed by atoms with Gasteiger partial charge >= 0.3 is 0 Å². The smallest absolute Gasteiger partial charge is 0.236 e. The zero-order valence-electron chi connectivity index (χ0n) is 16.8. The lowest BCUT2D eigenvalue weighted by Gasteiger charge is -2.32. The van der Waals surface area contributed by atoms with Gasteiger partial charge < -0.3 is 14.5 Å². The molecule has 1 aliphatic rings. The summed E-state index contributed by atoms with van der Waals surface area (Å²) in [5.74, 6) is 0.939. The second kappa shape index (κ2) is 9.99. The van der Waals surface area contributed by atoms with Crippen molar-refractivity contribution in [3.63, 3.8) is 0 Å². The van der Waals surface area contributed by atoms with Crippen LogP contribution in [0.15, 0.2) is 29.7 Å². The van der Waals surface area contributed by atoms with Gasteiger partial charge in [0.1, 0.15) is 0 Å². The number of aromatic nitrogens is 4. The molecule has 0 aliphatic carbocycles. The normalized spacial score (nSPS) is 16.3. The summed E-state index contributed by atoms with van der Waals surface area (Å²) in [6.45, 7) is 10.1. The number of thioether (sulfide) groups is 1. The predicted molar refractivity (Wildman–Crippen MR) is 108 cm³/mol. The zero-order valence-corrected chi connectivity index (χ0v) is 17.6. The molecule has 0 aromatic carbocycles. The largest absolute Gasteiger partial charge is 0.383 e. The van der Waals surface area contributed by atoms with E-state index in [0.29, 0.717) is 13.2 Å². The first-order chi connectivity index (χ1) is 13.6. The maximum absolute atomic E-state index is 12.9. The third-order valence-electron chi connectivity index (χ3n) is 5.09. The first-order valence-corrected chi connectivity index (χ1v) is 10.6. The van der Waals surface area contributed by atoms with E-state index >= 15 is 0 Å². The van der Waals surface area contributed by atoms with Crippen molar-refractivity contribution < 1.29 is 14.4 Å². The summed E-state index contributed by atoms with van der Waals surface area (Å²) in [4.78, 5) is 20.5. The van der Waals surface area contributed by atoms with E-state index in [-0.39, 0.29) is 11.2 Å². The summed E-state index contributed by atoms with van der Waals surface area (Å²) in [5, 5.41) is 9.26. The fourth-order valence-corrected chi connectivity index (χ4v) is 4.30. The van der Waals surface area contributed by atoms with Crippen LogP contribution < -0.4 is 4.90 Å². The van der Waals surface area contributed by atoms with E-state index in [1.54, 1.807) is 24.4 Å². The van der Waals surface area contributed by atoms with E-state index in [2.05, 4.69) is 22.1 Å². The zero-order chi connectivity index (χ0) is 19.9. The standard InChI is InChI=1S/C19H28N6O2S/c1-4-23-9-11-24(12-10-23)18(26)15(2)28-19-22-21-17(25(19)13-14-27-3)16-5-7-20-8-6-16/h5-8,15H,4,9-14H2,1-3H3/p+1/t15-/m1/s1. The predicted octanol–water partition coefficient (Wildman–Crippen LogP) is 0.214. The Morgan fingerprint density at radius 3 is 2.64 bits per heavy atom. The molecular formula is C19H29N6O2S+. The molecule has 9 heteroatoms. The van der Waals surface area contributed by atoms with Crippen molar-refractivity contribution in [2.24, 2.45) is 0 Å². The number of hydrogen-bond acceptors (Lipinski definition) is 6. The van der Waals surface area contributed by atoms with Crippen molar-refractivity contribution in [2.75, 3.05) is 46.4 Å². The van der Waals surface area contributed by atoms with Crippen molar-refractivity contribution in [3.05, 3.63) is 24.5 Å². The number of rotatable bonds is 8. The Kier molecular flexibility index (Phi) is 7.41. The quantitative estimate of drug-likeness (QED) is 0.633. The molecule has 1 N–H and O–H groups in total. The number of nitrogens with zero attached hydrogens (tertiary/aromatic N) is 5. The van der Waals surface area contributed by atoms with Gasteiger partial charge in [0.25, 0.3) is 0 Å². The summed E-state index contributed by atoms with van der Waals surface area (Å²) < 4.78 is 7.27. The maximum Gasteiger partial charge on any atom is 0.236 e. The van der Waals surface area contributed by atoms with E-state index in [1.807, 2.05) is 28.5 Å². The molecule has 1 aliphatic heterocycles. The minimum atomic E-state index is -0.209. The van der Waals surface area contributed by atoms with Gasteiger partial charge in [-0.05, 0) is 26.0 Å². The third kappa shape index (κ3) is 4.89. The van der Waals surface area contributed by atoms with Gasteiger partial charge in [-0.2, -0.15) is 0 Å². The van der Waals surface area contributed by atoms with E-state index < -0.39 is 0 Å². The van der Waals surface area contributed by atoms with E-state index in [4.69, 9.17) is 4.74 Å². The van der Waals surface area contributed by atoms with Crippen molar-refractivity contribution in [3.8, 4) is 11.4 Å². The lowest BCUT2D eigenvalue weighted by molar-refractivity contribution is -0.902. The van der Waals surface area contributed by atoms with Crippen LogP contribution in [0.1, 0.15) is 13.8 Å². The number of piperazine rings is 1. The van der Waals surface area contributed by atoms with E-state index in [1.165, 1.54) is 11.8 Å². The van der Waals surface area contributed by atoms with Crippen LogP contribution in [0.3, 0.4) is 0 Å². The van der Waals surface area contributed by atoms with Crippen molar-refractivity contribution in [2.45, 2.75) is 30.8 Å². The van der Waals surface area contributed by atoms with E-state index in [9.17, 15) is 4.79 Å². The highest BCUT2D eigenvalue weighted by Crippen LogP contribution is 2.27. The molecule has 1 saturated heterocycles. The van der Waals surface area contributed by atoms with Crippen LogP contribution in [0.4, 0.5) is 0 Å². The first-order valence-electron chi connectivity index (χ1n) is 9.75. The van der Waals surface area contributed by atoms with Crippen molar-refractivity contribution >= 4 is 17.7 Å². The number of amides is 1. The molecule has 0 bridgehead atoms. The average Bonchev–Trinajstić information content (AvgIpc) is 3.14. The fraction of sp³-hybridized carbons (Fsp3) is 0.579. The molecule has 3 rings (SSSR count). The van der Waals surface area contributed by atoms with Crippen molar-refractivity contribution in [1.29, 1.82) is 0 Å². The Bertz CT molecular complexity index is 761. The SMILES string of the molecule is CC[NH+]1CCN(C(=O)[C@@H](C)Sc2nnc(-c3ccncc3)n2CCOC)CC1.